The van der Waals surface area contributed by atoms with Gasteiger partial charge in [-0.1, -0.05) is 11.6 Å². The number of sulfonamides is 1. The highest BCUT2D eigenvalue weighted by Gasteiger charge is 2.29. The van der Waals surface area contributed by atoms with E-state index in [0.717, 1.165) is 0 Å². The minimum atomic E-state index is -3.72. The van der Waals surface area contributed by atoms with E-state index in [1.54, 1.807) is 0 Å². The van der Waals surface area contributed by atoms with E-state index in [-0.39, 0.29) is 23.7 Å². The van der Waals surface area contributed by atoms with E-state index in [0.29, 0.717) is 17.9 Å². The molecule has 0 radical (unpaired) electrons. The lowest BCUT2D eigenvalue weighted by molar-refractivity contribution is -0.117. The van der Waals surface area contributed by atoms with Crippen molar-refractivity contribution in [3.05, 3.63) is 40.7 Å². The second-order valence-corrected chi connectivity index (χ2v) is 8.75. The Labute approximate surface area is 179 Å². The van der Waals surface area contributed by atoms with E-state index >= 15 is 0 Å². The second kappa shape index (κ2) is 9.51. The first-order chi connectivity index (χ1) is 14.6. The van der Waals surface area contributed by atoms with Crippen LogP contribution in [-0.2, 0) is 26.1 Å². The molecule has 1 aliphatic rings. The molecule has 0 unspecified atom stereocenters. The molecule has 1 aromatic heterocycles. The maximum atomic E-state index is 13.2. The monoisotopic (exact) mass is 484 g/mol. The predicted molar refractivity (Wildman–Crippen MR) is 102 cm³/mol. The number of halogens is 5. The fourth-order valence-electron chi connectivity index (χ4n) is 2.92. The van der Waals surface area contributed by atoms with Crippen LogP contribution in [0.3, 0.4) is 0 Å². The fourth-order valence-corrected chi connectivity index (χ4v) is 4.63. The first kappa shape index (κ1) is 23.4. The van der Waals surface area contributed by atoms with Gasteiger partial charge in [-0.3, -0.25) is 9.48 Å². The topological polar surface area (TPSA) is 93.5 Å². The lowest BCUT2D eigenvalue weighted by atomic mass is 10.3. The van der Waals surface area contributed by atoms with Gasteiger partial charge in [0.1, 0.15) is 17.9 Å². The first-order valence-electron chi connectivity index (χ1n) is 8.91. The summed E-state index contributed by atoms with van der Waals surface area (Å²) in [5.74, 6) is -0.842. The number of nitrogens with one attached hydrogen (secondary N) is 1. The average Bonchev–Trinajstić information content (AvgIpc) is 3.05. The first-order valence-corrected chi connectivity index (χ1v) is 10.7. The number of carbonyl (C=O) groups excluding carboxylic acids is 1. The van der Waals surface area contributed by atoms with Crippen molar-refractivity contribution < 1.29 is 35.5 Å². The zero-order valence-corrected chi connectivity index (χ0v) is 17.3. The Kier molecular flexibility index (Phi) is 7.19. The highest BCUT2D eigenvalue weighted by atomic mass is 35.5. The largest absolute Gasteiger partial charge is 0.379 e. The van der Waals surface area contributed by atoms with Crippen molar-refractivity contribution in [2.75, 3.05) is 31.6 Å². The van der Waals surface area contributed by atoms with Crippen molar-refractivity contribution in [2.45, 2.75) is 24.3 Å². The van der Waals surface area contributed by atoms with Crippen LogP contribution in [0.5, 0.6) is 0 Å². The van der Waals surface area contributed by atoms with Gasteiger partial charge in [-0.05, 0) is 24.3 Å². The number of benzene rings is 1. The normalized spacial score (nSPS) is 15.6. The second-order valence-electron chi connectivity index (χ2n) is 6.43. The molecular weight excluding hydrogens is 468 g/mol. The summed E-state index contributed by atoms with van der Waals surface area (Å²) < 4.78 is 84.0. The number of hydrogen-bond donors (Lipinski definition) is 1. The molecule has 3 rings (SSSR count). The van der Waals surface area contributed by atoms with Crippen LogP contribution in [0.2, 0.25) is 5.02 Å². The number of alkyl halides is 4. The molecule has 0 atom stereocenters. The minimum absolute atomic E-state index is 0.00724. The molecule has 1 fully saturated rings. The summed E-state index contributed by atoms with van der Waals surface area (Å²) in [6.07, 6.45) is -6.40. The van der Waals surface area contributed by atoms with Gasteiger partial charge in [0.25, 0.3) is 12.9 Å². The van der Waals surface area contributed by atoms with Crippen molar-refractivity contribution in [1.29, 1.82) is 0 Å². The Morgan fingerprint density at radius 2 is 1.74 bits per heavy atom. The van der Waals surface area contributed by atoms with Crippen molar-refractivity contribution in [1.82, 2.24) is 14.1 Å². The Bertz CT molecular complexity index is 1040. The fraction of sp³-hybridized carbons (Fsp3) is 0.412. The summed E-state index contributed by atoms with van der Waals surface area (Å²) in [4.78, 5) is 12.2. The number of nitrogens with zero attached hydrogens (tertiary/aromatic N) is 3. The number of hydrogen-bond acceptors (Lipinski definition) is 5. The molecule has 0 aliphatic carbocycles. The van der Waals surface area contributed by atoms with E-state index in [9.17, 15) is 30.8 Å². The standard InChI is InChI=1S/C17H17ClF4N4O4S/c18-13-14(16(19)20)24-26(15(13)17(21)22)9-12(27)23-10-1-3-11(4-2-10)31(28,29)25-5-7-30-8-6-25/h1-4,16-17H,5-9H2,(H,23,27). The number of ether oxygens (including phenoxy) is 1. The third kappa shape index (κ3) is 5.17. The summed E-state index contributed by atoms with van der Waals surface area (Å²) in [6, 6.07) is 5.20. The van der Waals surface area contributed by atoms with E-state index in [2.05, 4.69) is 10.4 Å². The van der Waals surface area contributed by atoms with Crippen molar-refractivity contribution in [3.8, 4) is 0 Å². The van der Waals surface area contributed by atoms with Crippen LogP contribution < -0.4 is 5.32 Å². The lowest BCUT2D eigenvalue weighted by Gasteiger charge is -2.26. The molecule has 170 valence electrons. The molecule has 1 aromatic carbocycles. The number of rotatable bonds is 7. The maximum absolute atomic E-state index is 13.2. The minimum Gasteiger partial charge on any atom is -0.379 e. The highest BCUT2D eigenvalue weighted by molar-refractivity contribution is 7.89. The third-order valence-electron chi connectivity index (χ3n) is 4.41. The summed E-state index contributed by atoms with van der Waals surface area (Å²) in [6.45, 7) is 0.234. The van der Waals surface area contributed by atoms with E-state index in [4.69, 9.17) is 16.3 Å². The summed E-state index contributed by atoms with van der Waals surface area (Å²) in [5.41, 5.74) is -1.85. The van der Waals surface area contributed by atoms with Crippen LogP contribution in [0.25, 0.3) is 0 Å². The molecule has 1 aliphatic heterocycles. The van der Waals surface area contributed by atoms with Gasteiger partial charge in [-0.15, -0.1) is 0 Å². The molecule has 0 spiro atoms. The van der Waals surface area contributed by atoms with Crippen LogP contribution >= 0.6 is 11.6 Å². The number of carbonyl (C=O) groups is 1. The number of aromatic nitrogens is 2. The van der Waals surface area contributed by atoms with Crippen LogP contribution in [-0.4, -0.2) is 54.7 Å². The van der Waals surface area contributed by atoms with Gasteiger partial charge in [0.2, 0.25) is 15.9 Å². The van der Waals surface area contributed by atoms with E-state index < -0.39 is 51.7 Å². The Morgan fingerprint density at radius 1 is 1.13 bits per heavy atom. The Morgan fingerprint density at radius 3 is 2.29 bits per heavy atom. The van der Waals surface area contributed by atoms with E-state index in [1.807, 2.05) is 0 Å². The van der Waals surface area contributed by atoms with Gasteiger partial charge in [-0.25, -0.2) is 26.0 Å². The zero-order chi connectivity index (χ0) is 22.8. The molecule has 2 heterocycles. The van der Waals surface area contributed by atoms with Crippen molar-refractivity contribution >= 4 is 33.2 Å². The molecule has 2 aromatic rings. The quantitative estimate of drug-likeness (QED) is 0.610. The predicted octanol–water partition coefficient (Wildman–Crippen LogP) is 3.07. The van der Waals surface area contributed by atoms with Gasteiger partial charge in [-0.2, -0.15) is 9.40 Å². The lowest BCUT2D eigenvalue weighted by Crippen LogP contribution is -2.40. The van der Waals surface area contributed by atoms with Gasteiger partial charge >= 0.3 is 0 Å². The molecule has 0 saturated carbocycles. The van der Waals surface area contributed by atoms with Crippen LogP contribution in [0.1, 0.15) is 24.2 Å². The van der Waals surface area contributed by atoms with Gasteiger partial charge in [0, 0.05) is 18.8 Å². The van der Waals surface area contributed by atoms with Crippen molar-refractivity contribution in [3.63, 3.8) is 0 Å². The Balaban J connectivity index is 1.71. The molecule has 1 N–H and O–H groups in total. The number of anilines is 1. The average molecular weight is 485 g/mol. The molecular formula is C17H17ClF4N4O4S. The Hall–Kier alpha value is -2.22. The number of amides is 1. The molecule has 8 nitrogen and oxygen atoms in total. The smallest absolute Gasteiger partial charge is 0.283 e. The van der Waals surface area contributed by atoms with E-state index in [1.165, 1.54) is 28.6 Å². The molecule has 1 saturated heterocycles. The van der Waals surface area contributed by atoms with Gasteiger partial charge in [0.05, 0.1) is 23.1 Å². The maximum Gasteiger partial charge on any atom is 0.283 e. The molecule has 0 bridgehead atoms. The van der Waals surface area contributed by atoms with Crippen LogP contribution in [0, 0.1) is 0 Å². The molecule has 14 heteroatoms. The highest BCUT2D eigenvalue weighted by Crippen LogP contribution is 2.34. The van der Waals surface area contributed by atoms with Crippen molar-refractivity contribution in [2.24, 2.45) is 0 Å². The SMILES string of the molecule is O=C(Cn1nc(C(F)F)c(Cl)c1C(F)F)Nc1ccc(S(=O)(=O)N2CCOCC2)cc1. The summed E-state index contributed by atoms with van der Waals surface area (Å²) >= 11 is 5.54. The van der Waals surface area contributed by atoms with Gasteiger partial charge in [0.15, 0.2) is 0 Å². The zero-order valence-electron chi connectivity index (χ0n) is 15.8. The number of morpholine rings is 1. The third-order valence-corrected chi connectivity index (χ3v) is 6.71. The molecule has 1 amide bonds. The summed E-state index contributed by atoms with van der Waals surface area (Å²) in [7, 11) is -3.72. The molecule has 31 heavy (non-hydrogen) atoms. The van der Waals surface area contributed by atoms with Gasteiger partial charge < -0.3 is 10.1 Å². The van der Waals surface area contributed by atoms with Crippen LogP contribution in [0.4, 0.5) is 23.2 Å². The summed E-state index contributed by atoms with van der Waals surface area (Å²) in [5, 5.41) is 4.79. The van der Waals surface area contributed by atoms with Crippen LogP contribution in [0.15, 0.2) is 29.2 Å².